The SMILES string of the molecule is COC(=O)[C@@H](NC(=O)c1cc2c(n(CCCCC#N)c1=O)CCCCCC2)C(C)C. The Morgan fingerprint density at radius 1 is 1.20 bits per heavy atom. The summed E-state index contributed by atoms with van der Waals surface area (Å²) in [6, 6.07) is 3.04. The van der Waals surface area contributed by atoms with Gasteiger partial charge in [-0.1, -0.05) is 26.7 Å². The fraction of sp³-hybridized carbons (Fsp3) is 0.652. The normalized spacial score (nSPS) is 14.8. The Kier molecular flexibility index (Phi) is 9.10. The summed E-state index contributed by atoms with van der Waals surface area (Å²) < 4.78 is 6.53. The van der Waals surface area contributed by atoms with Crippen LogP contribution in [0.3, 0.4) is 0 Å². The number of esters is 1. The van der Waals surface area contributed by atoms with Crippen LogP contribution in [0.4, 0.5) is 0 Å². The lowest BCUT2D eigenvalue weighted by Gasteiger charge is -2.23. The van der Waals surface area contributed by atoms with E-state index in [4.69, 9.17) is 10.00 Å². The van der Waals surface area contributed by atoms with Crippen molar-refractivity contribution in [2.24, 2.45) is 5.92 Å². The molecule has 1 aromatic heterocycles. The molecule has 0 saturated heterocycles. The molecule has 0 aliphatic heterocycles. The molecule has 0 aromatic carbocycles. The molecule has 30 heavy (non-hydrogen) atoms. The van der Waals surface area contributed by atoms with Crippen LogP contribution in [0, 0.1) is 17.2 Å². The second-order valence-corrected chi connectivity index (χ2v) is 8.23. The van der Waals surface area contributed by atoms with Crippen LogP contribution in [-0.2, 0) is 28.9 Å². The summed E-state index contributed by atoms with van der Waals surface area (Å²) in [5.41, 5.74) is 1.81. The topological polar surface area (TPSA) is 101 Å². The van der Waals surface area contributed by atoms with E-state index in [1.807, 2.05) is 13.8 Å². The number of aromatic nitrogens is 1. The Bertz CT molecular complexity index is 851. The number of aryl methyl sites for hydroxylation is 1. The fourth-order valence-electron chi connectivity index (χ4n) is 3.95. The van der Waals surface area contributed by atoms with Crippen molar-refractivity contribution >= 4 is 11.9 Å². The van der Waals surface area contributed by atoms with Gasteiger partial charge in [-0.15, -0.1) is 0 Å². The number of unbranched alkanes of at least 4 members (excludes halogenated alkanes) is 2. The number of amides is 1. The number of nitrogens with zero attached hydrogens (tertiary/aromatic N) is 2. The largest absolute Gasteiger partial charge is 0.467 e. The van der Waals surface area contributed by atoms with Gasteiger partial charge in [0.25, 0.3) is 11.5 Å². The molecular formula is C23H33N3O4. The molecule has 0 unspecified atom stereocenters. The molecule has 1 amide bonds. The first-order valence-corrected chi connectivity index (χ1v) is 10.9. The van der Waals surface area contributed by atoms with Gasteiger partial charge >= 0.3 is 5.97 Å². The number of hydrogen-bond acceptors (Lipinski definition) is 5. The molecule has 1 aliphatic rings. The van der Waals surface area contributed by atoms with Crippen molar-refractivity contribution in [3.8, 4) is 6.07 Å². The maximum absolute atomic E-state index is 13.3. The summed E-state index contributed by atoms with van der Waals surface area (Å²) in [5, 5.41) is 11.5. The first kappa shape index (κ1) is 23.7. The van der Waals surface area contributed by atoms with Gasteiger partial charge in [0.1, 0.15) is 11.6 Å². The second kappa shape index (κ2) is 11.5. The quantitative estimate of drug-likeness (QED) is 0.519. The van der Waals surface area contributed by atoms with Gasteiger partial charge < -0.3 is 14.6 Å². The zero-order valence-electron chi connectivity index (χ0n) is 18.3. The Morgan fingerprint density at radius 2 is 1.90 bits per heavy atom. The zero-order chi connectivity index (χ0) is 22.1. The standard InChI is InChI=1S/C23H33N3O4/c1-16(2)20(23(29)30-3)25-21(27)18-15-17-11-7-4-5-8-12-19(17)26(22(18)28)14-10-6-9-13-24/h15-16,20H,4-12,14H2,1-3H3,(H,25,27)/t20-/m0/s1. The molecule has 7 nitrogen and oxygen atoms in total. The number of pyridine rings is 1. The number of hydrogen-bond donors (Lipinski definition) is 1. The number of ether oxygens (including phenoxy) is 1. The van der Waals surface area contributed by atoms with Crippen LogP contribution in [0.25, 0.3) is 0 Å². The Hall–Kier alpha value is -2.62. The van der Waals surface area contributed by atoms with Crippen molar-refractivity contribution in [3.05, 3.63) is 33.2 Å². The molecule has 1 aromatic rings. The molecule has 0 saturated carbocycles. The number of methoxy groups -OCH3 is 1. The van der Waals surface area contributed by atoms with Crippen molar-refractivity contribution in [3.63, 3.8) is 0 Å². The van der Waals surface area contributed by atoms with Gasteiger partial charge in [0, 0.05) is 18.7 Å². The van der Waals surface area contributed by atoms with Crippen LogP contribution >= 0.6 is 0 Å². The lowest BCUT2D eigenvalue weighted by atomic mass is 9.95. The minimum atomic E-state index is -0.812. The number of carbonyl (C=O) groups is 2. The average molecular weight is 416 g/mol. The molecule has 0 fully saturated rings. The van der Waals surface area contributed by atoms with Crippen LogP contribution in [0.5, 0.6) is 0 Å². The highest BCUT2D eigenvalue weighted by Crippen LogP contribution is 2.21. The molecule has 2 rings (SSSR count). The molecule has 1 aliphatic carbocycles. The third-order valence-corrected chi connectivity index (χ3v) is 5.67. The molecule has 0 radical (unpaired) electrons. The van der Waals surface area contributed by atoms with Crippen LogP contribution in [0.15, 0.2) is 10.9 Å². The summed E-state index contributed by atoms with van der Waals surface area (Å²) in [5.74, 6) is -1.24. The molecule has 1 atom stereocenters. The van der Waals surface area contributed by atoms with Crippen LogP contribution in [0.2, 0.25) is 0 Å². The van der Waals surface area contributed by atoms with Gasteiger partial charge in [0.05, 0.1) is 13.2 Å². The maximum Gasteiger partial charge on any atom is 0.328 e. The molecule has 1 heterocycles. The van der Waals surface area contributed by atoms with Gasteiger partial charge in [0.15, 0.2) is 0 Å². The third-order valence-electron chi connectivity index (χ3n) is 5.67. The van der Waals surface area contributed by atoms with E-state index >= 15 is 0 Å². The van der Waals surface area contributed by atoms with Gasteiger partial charge in [-0.2, -0.15) is 5.26 Å². The first-order valence-electron chi connectivity index (χ1n) is 10.9. The van der Waals surface area contributed by atoms with E-state index in [-0.39, 0.29) is 17.0 Å². The molecule has 164 valence electrons. The Morgan fingerprint density at radius 3 is 2.53 bits per heavy atom. The third kappa shape index (κ3) is 5.94. The van der Waals surface area contributed by atoms with Crippen LogP contribution in [-0.4, -0.2) is 29.6 Å². The van der Waals surface area contributed by atoms with Crippen LogP contribution in [0.1, 0.15) is 80.4 Å². The highest BCUT2D eigenvalue weighted by atomic mass is 16.5. The van der Waals surface area contributed by atoms with E-state index in [1.165, 1.54) is 7.11 Å². The van der Waals surface area contributed by atoms with Gasteiger partial charge in [-0.05, 0) is 56.1 Å². The van der Waals surface area contributed by atoms with E-state index in [0.717, 1.165) is 49.8 Å². The Balaban J connectivity index is 2.41. The molecular weight excluding hydrogens is 382 g/mol. The molecule has 1 N–H and O–H groups in total. The van der Waals surface area contributed by atoms with Crippen LogP contribution < -0.4 is 10.9 Å². The minimum Gasteiger partial charge on any atom is -0.467 e. The summed E-state index contributed by atoms with van der Waals surface area (Å²) in [4.78, 5) is 38.3. The monoisotopic (exact) mass is 415 g/mol. The molecule has 7 heteroatoms. The lowest BCUT2D eigenvalue weighted by Crippen LogP contribution is -2.47. The predicted octanol–water partition coefficient (Wildman–Crippen LogP) is 3.13. The highest BCUT2D eigenvalue weighted by Gasteiger charge is 2.27. The van der Waals surface area contributed by atoms with Gasteiger partial charge in [0.2, 0.25) is 0 Å². The average Bonchev–Trinajstić information content (AvgIpc) is 2.70. The summed E-state index contributed by atoms with van der Waals surface area (Å²) in [7, 11) is 1.28. The van der Waals surface area contributed by atoms with Crippen molar-refractivity contribution in [1.82, 2.24) is 9.88 Å². The van der Waals surface area contributed by atoms with E-state index < -0.39 is 17.9 Å². The Labute approximate surface area is 178 Å². The second-order valence-electron chi connectivity index (χ2n) is 8.23. The smallest absolute Gasteiger partial charge is 0.328 e. The minimum absolute atomic E-state index is 0.0733. The van der Waals surface area contributed by atoms with Crippen molar-refractivity contribution in [1.29, 1.82) is 5.26 Å². The predicted molar refractivity (Wildman–Crippen MR) is 114 cm³/mol. The van der Waals surface area contributed by atoms with E-state index in [0.29, 0.717) is 25.8 Å². The van der Waals surface area contributed by atoms with Crippen molar-refractivity contribution in [2.75, 3.05) is 7.11 Å². The lowest BCUT2D eigenvalue weighted by molar-refractivity contribution is -0.144. The number of fused-ring (bicyclic) bond motifs is 1. The van der Waals surface area contributed by atoms with Gasteiger partial charge in [-0.3, -0.25) is 9.59 Å². The van der Waals surface area contributed by atoms with Crippen molar-refractivity contribution < 1.29 is 14.3 Å². The fourth-order valence-corrected chi connectivity index (χ4v) is 3.95. The van der Waals surface area contributed by atoms with Gasteiger partial charge in [-0.25, -0.2) is 4.79 Å². The number of nitrogens with one attached hydrogen (secondary N) is 1. The number of rotatable bonds is 8. The number of carbonyl (C=O) groups excluding carboxylic acids is 2. The van der Waals surface area contributed by atoms with E-state index in [2.05, 4.69) is 11.4 Å². The van der Waals surface area contributed by atoms with E-state index in [1.54, 1.807) is 10.6 Å². The first-order chi connectivity index (χ1) is 14.4. The zero-order valence-corrected chi connectivity index (χ0v) is 18.3. The van der Waals surface area contributed by atoms with E-state index in [9.17, 15) is 14.4 Å². The van der Waals surface area contributed by atoms with Crippen molar-refractivity contribution in [2.45, 2.75) is 84.2 Å². The number of nitriles is 1. The molecule has 0 spiro atoms. The maximum atomic E-state index is 13.3. The summed E-state index contributed by atoms with van der Waals surface area (Å²) >= 11 is 0. The summed E-state index contributed by atoms with van der Waals surface area (Å²) in [6.07, 6.45) is 7.85. The highest BCUT2D eigenvalue weighted by molar-refractivity contribution is 5.96. The summed E-state index contributed by atoms with van der Waals surface area (Å²) in [6.45, 7) is 4.13. The molecule has 0 bridgehead atoms.